The molecule has 0 saturated carbocycles. The van der Waals surface area contributed by atoms with Crippen molar-refractivity contribution in [3.63, 3.8) is 0 Å². The molecule has 4 heteroatoms. The van der Waals surface area contributed by atoms with Crippen LogP contribution in [0.3, 0.4) is 0 Å². The van der Waals surface area contributed by atoms with Gasteiger partial charge in [-0.25, -0.2) is 0 Å². The average Bonchev–Trinajstić information content (AvgIpc) is 2.76. The Balaban J connectivity index is 2.29. The maximum absolute atomic E-state index is 12.5. The number of hydrogen-bond donors (Lipinski definition) is 1. The summed E-state index contributed by atoms with van der Waals surface area (Å²) in [5.74, 6) is -1.75. The van der Waals surface area contributed by atoms with Crippen molar-refractivity contribution in [2.24, 2.45) is 5.92 Å². The summed E-state index contributed by atoms with van der Waals surface area (Å²) < 4.78 is 0. The van der Waals surface area contributed by atoms with Crippen molar-refractivity contribution < 1.29 is 14.7 Å². The number of aliphatic carboxylic acids is 1. The van der Waals surface area contributed by atoms with Crippen LogP contribution in [0.25, 0.3) is 0 Å². The van der Waals surface area contributed by atoms with Gasteiger partial charge in [0.25, 0.3) is 0 Å². The summed E-state index contributed by atoms with van der Waals surface area (Å²) in [6.07, 6.45) is 0.620. The molecule has 2 rings (SSSR count). The van der Waals surface area contributed by atoms with E-state index in [-0.39, 0.29) is 18.4 Å². The van der Waals surface area contributed by atoms with Crippen molar-refractivity contribution >= 4 is 17.6 Å². The molecule has 1 aliphatic rings. The SMILES string of the molecule is C=C(C)C[C@@H](C)C(=O)N1C[C@@H](C(=O)O)c2ccccc21. The number of benzene rings is 1. The first-order chi connectivity index (χ1) is 9.41. The number of allylic oxidation sites excluding steroid dienone is 1. The molecule has 0 unspecified atom stereocenters. The van der Waals surface area contributed by atoms with Crippen LogP contribution in [0.1, 0.15) is 31.7 Å². The summed E-state index contributed by atoms with van der Waals surface area (Å²) in [5.41, 5.74) is 2.39. The van der Waals surface area contributed by atoms with Crippen molar-refractivity contribution in [2.75, 3.05) is 11.4 Å². The number of carboxylic acid groups (broad SMARTS) is 1. The van der Waals surface area contributed by atoms with Gasteiger partial charge in [-0.3, -0.25) is 9.59 Å². The van der Waals surface area contributed by atoms with Crippen LogP contribution in [0.15, 0.2) is 36.4 Å². The first kappa shape index (κ1) is 14.3. The fraction of sp³-hybridized carbons (Fsp3) is 0.375. The van der Waals surface area contributed by atoms with Crippen LogP contribution in [0, 0.1) is 5.92 Å². The van der Waals surface area contributed by atoms with E-state index in [0.717, 1.165) is 16.8 Å². The van der Waals surface area contributed by atoms with Crippen LogP contribution in [0.4, 0.5) is 5.69 Å². The van der Waals surface area contributed by atoms with Crippen LogP contribution in [0.2, 0.25) is 0 Å². The molecule has 0 saturated heterocycles. The lowest BCUT2D eigenvalue weighted by molar-refractivity contribution is -0.138. The molecule has 1 amide bonds. The van der Waals surface area contributed by atoms with Gasteiger partial charge in [-0.1, -0.05) is 30.7 Å². The largest absolute Gasteiger partial charge is 0.481 e. The number of carbonyl (C=O) groups excluding carboxylic acids is 1. The lowest BCUT2D eigenvalue weighted by Crippen LogP contribution is -2.35. The molecule has 1 aliphatic heterocycles. The van der Waals surface area contributed by atoms with Gasteiger partial charge in [-0.2, -0.15) is 0 Å². The lowest BCUT2D eigenvalue weighted by Gasteiger charge is -2.22. The van der Waals surface area contributed by atoms with Gasteiger partial charge in [0.2, 0.25) is 5.91 Å². The van der Waals surface area contributed by atoms with Crippen molar-refractivity contribution in [3.8, 4) is 0 Å². The minimum absolute atomic E-state index is 0.0378. The number of amides is 1. The molecule has 0 aliphatic carbocycles. The highest BCUT2D eigenvalue weighted by Gasteiger charge is 2.37. The molecule has 1 aromatic carbocycles. The Hall–Kier alpha value is -2.10. The highest BCUT2D eigenvalue weighted by Crippen LogP contribution is 2.37. The van der Waals surface area contributed by atoms with Crippen LogP contribution < -0.4 is 4.90 Å². The predicted octanol–water partition coefficient (Wildman–Crippen LogP) is 2.80. The number of rotatable bonds is 4. The van der Waals surface area contributed by atoms with E-state index in [2.05, 4.69) is 6.58 Å². The Morgan fingerprint density at radius 3 is 2.70 bits per heavy atom. The van der Waals surface area contributed by atoms with Gasteiger partial charge in [-0.15, -0.1) is 6.58 Å². The summed E-state index contributed by atoms with van der Waals surface area (Å²) in [6.45, 7) is 7.79. The smallest absolute Gasteiger partial charge is 0.312 e. The number of para-hydroxylation sites is 1. The van der Waals surface area contributed by atoms with Crippen LogP contribution in [0.5, 0.6) is 0 Å². The van der Waals surface area contributed by atoms with Crippen LogP contribution >= 0.6 is 0 Å². The topological polar surface area (TPSA) is 57.6 Å². The van der Waals surface area contributed by atoms with Crippen molar-refractivity contribution in [3.05, 3.63) is 42.0 Å². The molecule has 0 spiro atoms. The number of carbonyl (C=O) groups is 2. The van der Waals surface area contributed by atoms with E-state index >= 15 is 0 Å². The minimum Gasteiger partial charge on any atom is -0.481 e. The van der Waals surface area contributed by atoms with Crippen molar-refractivity contribution in [2.45, 2.75) is 26.2 Å². The molecule has 4 nitrogen and oxygen atoms in total. The third kappa shape index (κ3) is 2.59. The van der Waals surface area contributed by atoms with Crippen LogP contribution in [-0.4, -0.2) is 23.5 Å². The summed E-state index contributed by atoms with van der Waals surface area (Å²) >= 11 is 0. The second kappa shape index (κ2) is 5.49. The number of anilines is 1. The van der Waals surface area contributed by atoms with Gasteiger partial charge in [0.15, 0.2) is 0 Å². The molecular weight excluding hydrogens is 254 g/mol. The average molecular weight is 273 g/mol. The molecule has 0 aromatic heterocycles. The molecule has 0 radical (unpaired) electrons. The maximum Gasteiger partial charge on any atom is 0.312 e. The Labute approximate surface area is 118 Å². The standard InChI is InChI=1S/C16H19NO3/c1-10(2)8-11(3)15(18)17-9-13(16(19)20)12-6-4-5-7-14(12)17/h4-7,11,13H,1,8-9H2,2-3H3,(H,19,20)/t11-,13-/m1/s1. The molecular formula is C16H19NO3. The summed E-state index contributed by atoms with van der Waals surface area (Å²) in [4.78, 5) is 25.4. The van der Waals surface area contributed by atoms with Crippen LogP contribution in [-0.2, 0) is 9.59 Å². The highest BCUT2D eigenvalue weighted by atomic mass is 16.4. The van der Waals surface area contributed by atoms with Gasteiger partial charge >= 0.3 is 5.97 Å². The molecule has 106 valence electrons. The molecule has 0 bridgehead atoms. The maximum atomic E-state index is 12.5. The Kier molecular flexibility index (Phi) is 3.93. The van der Waals surface area contributed by atoms with E-state index in [9.17, 15) is 14.7 Å². The third-order valence-corrected chi connectivity index (χ3v) is 3.61. The second-order valence-electron chi connectivity index (χ2n) is 5.46. The van der Waals surface area contributed by atoms with E-state index in [4.69, 9.17) is 0 Å². The number of fused-ring (bicyclic) bond motifs is 1. The zero-order valence-electron chi connectivity index (χ0n) is 11.8. The molecule has 1 N–H and O–H groups in total. The van der Waals surface area contributed by atoms with E-state index in [1.165, 1.54) is 0 Å². The number of nitrogens with zero attached hydrogens (tertiary/aromatic N) is 1. The van der Waals surface area contributed by atoms with Crippen molar-refractivity contribution in [1.82, 2.24) is 0 Å². The van der Waals surface area contributed by atoms with Gasteiger partial charge in [0.05, 0.1) is 0 Å². The molecule has 1 aromatic rings. The first-order valence-corrected chi connectivity index (χ1v) is 6.69. The molecule has 0 fully saturated rings. The third-order valence-electron chi connectivity index (χ3n) is 3.61. The zero-order valence-corrected chi connectivity index (χ0v) is 11.8. The predicted molar refractivity (Wildman–Crippen MR) is 77.8 cm³/mol. The molecule has 2 atom stereocenters. The van der Waals surface area contributed by atoms with E-state index < -0.39 is 11.9 Å². The van der Waals surface area contributed by atoms with Gasteiger partial charge < -0.3 is 10.0 Å². The quantitative estimate of drug-likeness (QED) is 0.858. The second-order valence-corrected chi connectivity index (χ2v) is 5.46. The molecule has 1 heterocycles. The van der Waals surface area contributed by atoms with Gasteiger partial charge in [-0.05, 0) is 25.0 Å². The number of carboxylic acids is 1. The van der Waals surface area contributed by atoms with E-state index in [1.807, 2.05) is 26.0 Å². The first-order valence-electron chi connectivity index (χ1n) is 6.69. The number of hydrogen-bond acceptors (Lipinski definition) is 2. The Morgan fingerprint density at radius 1 is 1.45 bits per heavy atom. The normalized spacial score (nSPS) is 18.5. The fourth-order valence-electron chi connectivity index (χ4n) is 2.70. The Bertz CT molecular complexity index is 565. The van der Waals surface area contributed by atoms with E-state index in [1.54, 1.807) is 17.0 Å². The summed E-state index contributed by atoms with van der Waals surface area (Å²) in [5, 5.41) is 9.29. The van der Waals surface area contributed by atoms with Gasteiger partial charge in [0.1, 0.15) is 5.92 Å². The molecule has 20 heavy (non-hydrogen) atoms. The fourth-order valence-corrected chi connectivity index (χ4v) is 2.70. The summed E-state index contributed by atoms with van der Waals surface area (Å²) in [7, 11) is 0. The highest BCUT2D eigenvalue weighted by molar-refractivity contribution is 6.00. The summed E-state index contributed by atoms with van der Waals surface area (Å²) in [6, 6.07) is 7.22. The van der Waals surface area contributed by atoms with Gasteiger partial charge in [0, 0.05) is 18.2 Å². The lowest BCUT2D eigenvalue weighted by atomic mass is 10.0. The zero-order chi connectivity index (χ0) is 14.9. The Morgan fingerprint density at radius 2 is 2.10 bits per heavy atom. The van der Waals surface area contributed by atoms with E-state index in [0.29, 0.717) is 6.42 Å². The van der Waals surface area contributed by atoms with Crippen molar-refractivity contribution in [1.29, 1.82) is 0 Å². The monoisotopic (exact) mass is 273 g/mol. The minimum atomic E-state index is -0.889.